The first kappa shape index (κ1) is 17.8. The second kappa shape index (κ2) is 6.90. The summed E-state index contributed by atoms with van der Waals surface area (Å²) in [7, 11) is 2.04. The van der Waals surface area contributed by atoms with Crippen LogP contribution in [0.5, 0.6) is 0 Å². The molecule has 0 saturated heterocycles. The summed E-state index contributed by atoms with van der Waals surface area (Å²) in [4.78, 5) is 18.3. The molecule has 0 radical (unpaired) electrons. The van der Waals surface area contributed by atoms with E-state index in [1.807, 2.05) is 19.3 Å². The van der Waals surface area contributed by atoms with E-state index in [4.69, 9.17) is 0 Å². The highest BCUT2D eigenvalue weighted by Gasteiger charge is 2.25. The Kier molecular flexibility index (Phi) is 5.11. The lowest BCUT2D eigenvalue weighted by atomic mass is 10.1. The number of carbonyl (C=O) groups excluding carboxylic acids is 1. The summed E-state index contributed by atoms with van der Waals surface area (Å²) in [6.07, 6.45) is 6.26. The molecule has 0 aliphatic carbocycles. The highest BCUT2D eigenvalue weighted by Crippen LogP contribution is 2.33. The molecule has 0 bridgehead atoms. The van der Waals surface area contributed by atoms with Crippen molar-refractivity contribution in [1.82, 2.24) is 9.55 Å². The number of aromatic nitrogens is 2. The van der Waals surface area contributed by atoms with Crippen molar-refractivity contribution in [3.05, 3.63) is 54.5 Å². The number of fused-ring (bicyclic) bond motifs is 2. The first-order valence-corrected chi connectivity index (χ1v) is 7.29. The molecule has 6 nitrogen and oxygen atoms in total. The van der Waals surface area contributed by atoms with Gasteiger partial charge in [-0.1, -0.05) is 0 Å². The Balaban J connectivity index is 0.00000104. The van der Waals surface area contributed by atoms with E-state index in [1.165, 1.54) is 11.1 Å². The van der Waals surface area contributed by atoms with Crippen LogP contribution in [0.25, 0.3) is 10.9 Å². The van der Waals surface area contributed by atoms with E-state index in [0.29, 0.717) is 12.2 Å². The molecular formula is C17H18ClN4O2-. The van der Waals surface area contributed by atoms with Crippen LogP contribution in [-0.2, 0) is 13.5 Å². The van der Waals surface area contributed by atoms with E-state index in [1.54, 1.807) is 23.4 Å². The van der Waals surface area contributed by atoms with Crippen molar-refractivity contribution in [2.24, 2.45) is 7.05 Å². The first-order valence-electron chi connectivity index (χ1n) is 7.29. The Hall–Kier alpha value is -2.57. The molecule has 0 unspecified atom stereocenters. The number of rotatable bonds is 1. The molecule has 0 fully saturated rings. The fraction of sp³-hybridized carbons (Fsp3) is 0.176. The van der Waals surface area contributed by atoms with Crippen LogP contribution in [0.4, 0.5) is 16.2 Å². The van der Waals surface area contributed by atoms with E-state index < -0.39 is 0 Å². The van der Waals surface area contributed by atoms with Gasteiger partial charge in [-0.3, -0.25) is 9.88 Å². The van der Waals surface area contributed by atoms with E-state index >= 15 is 0 Å². The lowest BCUT2D eigenvalue weighted by Gasteiger charge is -2.18. The molecular weight excluding hydrogens is 328 g/mol. The molecule has 4 rings (SSSR count). The normalized spacial score (nSPS) is 12.3. The number of carbonyl (C=O) groups is 1. The van der Waals surface area contributed by atoms with E-state index in [-0.39, 0.29) is 23.9 Å². The van der Waals surface area contributed by atoms with Crippen LogP contribution >= 0.6 is 0 Å². The maximum Gasteiger partial charge on any atom is 0.326 e. The molecule has 24 heavy (non-hydrogen) atoms. The lowest BCUT2D eigenvalue weighted by Crippen LogP contribution is -3.00. The van der Waals surface area contributed by atoms with E-state index in [9.17, 15) is 4.79 Å². The number of hydrogen-bond acceptors (Lipinski definition) is 2. The number of urea groups is 1. The number of pyridine rings is 1. The smallest absolute Gasteiger partial charge is 0.326 e. The molecule has 0 saturated carbocycles. The molecule has 0 atom stereocenters. The summed E-state index contributed by atoms with van der Waals surface area (Å²) in [5.41, 5.74) is 4.13. The maximum atomic E-state index is 12.5. The molecule has 1 aliphatic rings. The van der Waals surface area contributed by atoms with Gasteiger partial charge in [0.15, 0.2) is 0 Å². The number of benzene rings is 1. The summed E-state index contributed by atoms with van der Waals surface area (Å²) >= 11 is 0. The maximum absolute atomic E-state index is 12.5. The number of nitrogens with zero attached hydrogens (tertiary/aromatic N) is 3. The molecule has 3 aromatic rings. The molecule has 1 aromatic carbocycles. The molecule has 3 heterocycles. The molecule has 2 aromatic heterocycles. The molecule has 2 amide bonds. The fourth-order valence-corrected chi connectivity index (χ4v) is 2.99. The Morgan fingerprint density at radius 2 is 2.12 bits per heavy atom. The zero-order chi connectivity index (χ0) is 15.1. The van der Waals surface area contributed by atoms with Crippen LogP contribution in [0.15, 0.2) is 48.9 Å². The Morgan fingerprint density at radius 3 is 2.88 bits per heavy atom. The predicted molar refractivity (Wildman–Crippen MR) is 90.8 cm³/mol. The van der Waals surface area contributed by atoms with Crippen molar-refractivity contribution in [2.75, 3.05) is 16.8 Å². The molecule has 7 heteroatoms. The minimum Gasteiger partial charge on any atom is -1.00 e. The van der Waals surface area contributed by atoms with Gasteiger partial charge in [-0.2, -0.15) is 0 Å². The first-order chi connectivity index (χ1) is 10.7. The summed E-state index contributed by atoms with van der Waals surface area (Å²) in [6.45, 7) is 0.706. The summed E-state index contributed by atoms with van der Waals surface area (Å²) < 4.78 is 2.11. The predicted octanol–water partition coefficient (Wildman–Crippen LogP) is -0.653. The number of anilines is 2. The number of amides is 2. The van der Waals surface area contributed by atoms with Crippen molar-refractivity contribution < 1.29 is 22.7 Å². The largest absolute Gasteiger partial charge is 1.00 e. The molecule has 0 spiro atoms. The number of nitrogens with one attached hydrogen (secondary N) is 1. The Labute approximate surface area is 145 Å². The average molecular weight is 346 g/mol. The Morgan fingerprint density at radius 1 is 1.29 bits per heavy atom. The minimum absolute atomic E-state index is 0. The molecule has 1 aliphatic heterocycles. The van der Waals surface area contributed by atoms with E-state index in [0.717, 1.165) is 17.5 Å². The molecule has 3 N–H and O–H groups in total. The second-order valence-corrected chi connectivity index (χ2v) is 5.54. The van der Waals surface area contributed by atoms with Gasteiger partial charge in [0.1, 0.15) is 0 Å². The van der Waals surface area contributed by atoms with Gasteiger partial charge in [-0.05, 0) is 42.3 Å². The number of hydrogen-bond donors (Lipinski definition) is 1. The van der Waals surface area contributed by atoms with Crippen LogP contribution in [0, 0.1) is 0 Å². The van der Waals surface area contributed by atoms with Gasteiger partial charge in [-0.25, -0.2) is 4.79 Å². The van der Waals surface area contributed by atoms with Crippen molar-refractivity contribution in [1.29, 1.82) is 0 Å². The summed E-state index contributed by atoms with van der Waals surface area (Å²) in [6, 6.07) is 9.89. The van der Waals surface area contributed by atoms with Crippen molar-refractivity contribution in [2.45, 2.75) is 6.42 Å². The standard InChI is InChI=1S/C17H16N4O.ClH.H2O/c1-20-7-4-12-10-16-13(9-15(12)20)5-8-21(16)17(22)19-14-3-2-6-18-11-14;;/h2-4,6-7,9-11H,5,8H2,1H3,(H,19,22);1H;1H2/p-1. The van der Waals surface area contributed by atoms with Crippen molar-refractivity contribution in [3.63, 3.8) is 0 Å². The quantitative estimate of drug-likeness (QED) is 0.635. The Bertz CT molecular complexity index is 864. The van der Waals surface area contributed by atoms with Gasteiger partial charge in [-0.15, -0.1) is 0 Å². The SMILES string of the molecule is Cn1ccc2cc3c(cc21)CCN3C(=O)Nc1cccnc1.O.[Cl-]. The van der Waals surface area contributed by atoms with E-state index in [2.05, 4.69) is 33.1 Å². The lowest BCUT2D eigenvalue weighted by molar-refractivity contribution is -0.00000850. The van der Waals surface area contributed by atoms with Gasteiger partial charge in [0.2, 0.25) is 0 Å². The van der Waals surface area contributed by atoms with Gasteiger partial charge in [0.25, 0.3) is 0 Å². The minimum atomic E-state index is -0.109. The van der Waals surface area contributed by atoms with Gasteiger partial charge >= 0.3 is 6.03 Å². The zero-order valence-electron chi connectivity index (χ0n) is 13.2. The highest BCUT2D eigenvalue weighted by molar-refractivity contribution is 6.04. The van der Waals surface area contributed by atoms with Crippen LogP contribution < -0.4 is 22.6 Å². The third-order valence-corrected chi connectivity index (χ3v) is 4.14. The number of aryl methyl sites for hydroxylation is 1. The summed E-state index contributed by atoms with van der Waals surface area (Å²) in [5.74, 6) is 0. The topological polar surface area (TPSA) is 81.7 Å². The number of halogens is 1. The van der Waals surface area contributed by atoms with Crippen LogP contribution in [0.2, 0.25) is 0 Å². The van der Waals surface area contributed by atoms with Crippen molar-refractivity contribution >= 4 is 28.3 Å². The van der Waals surface area contributed by atoms with Crippen LogP contribution in [0.1, 0.15) is 5.56 Å². The van der Waals surface area contributed by atoms with Gasteiger partial charge in [0, 0.05) is 42.6 Å². The zero-order valence-corrected chi connectivity index (χ0v) is 13.9. The highest BCUT2D eigenvalue weighted by atomic mass is 35.5. The molecule has 126 valence electrons. The second-order valence-electron chi connectivity index (χ2n) is 5.54. The average Bonchev–Trinajstić information content (AvgIpc) is 3.10. The van der Waals surface area contributed by atoms with Crippen LogP contribution in [0.3, 0.4) is 0 Å². The monoisotopic (exact) mass is 345 g/mol. The third kappa shape index (κ3) is 2.93. The van der Waals surface area contributed by atoms with Gasteiger partial charge < -0.3 is 27.8 Å². The van der Waals surface area contributed by atoms with Gasteiger partial charge in [0.05, 0.1) is 11.9 Å². The summed E-state index contributed by atoms with van der Waals surface area (Å²) in [5, 5.41) is 4.05. The van der Waals surface area contributed by atoms with Crippen LogP contribution in [-0.4, -0.2) is 27.6 Å². The third-order valence-electron chi connectivity index (χ3n) is 4.14. The van der Waals surface area contributed by atoms with Crippen molar-refractivity contribution in [3.8, 4) is 0 Å². The fourth-order valence-electron chi connectivity index (χ4n) is 2.99.